The highest BCUT2D eigenvalue weighted by atomic mass is 16.5. The summed E-state index contributed by atoms with van der Waals surface area (Å²) in [5.74, 6) is -0.107. The molecule has 0 N–H and O–H groups in total. The molecule has 0 fully saturated rings. The SMILES string of the molecule is CCCCOC(=O)C(CC)=C(CC)CC. The molecule has 0 heterocycles. The summed E-state index contributed by atoms with van der Waals surface area (Å²) in [5.41, 5.74) is 2.12. The van der Waals surface area contributed by atoms with Gasteiger partial charge in [0.2, 0.25) is 0 Å². The van der Waals surface area contributed by atoms with Gasteiger partial charge in [0.15, 0.2) is 0 Å². The molecule has 0 saturated carbocycles. The molecule has 0 unspecified atom stereocenters. The Bertz CT molecular complexity index is 211. The van der Waals surface area contributed by atoms with Gasteiger partial charge in [0.1, 0.15) is 0 Å². The summed E-state index contributed by atoms with van der Waals surface area (Å²) in [4.78, 5) is 11.7. The summed E-state index contributed by atoms with van der Waals surface area (Å²) in [6.07, 6.45) is 4.69. The molecule has 0 aliphatic heterocycles. The van der Waals surface area contributed by atoms with Crippen molar-refractivity contribution in [2.24, 2.45) is 0 Å². The maximum absolute atomic E-state index is 11.7. The van der Waals surface area contributed by atoms with Crippen molar-refractivity contribution in [2.75, 3.05) is 6.61 Å². The van der Waals surface area contributed by atoms with E-state index in [-0.39, 0.29) is 5.97 Å². The second kappa shape index (κ2) is 8.51. The number of unbranched alkanes of at least 4 members (excludes halogenated alkanes) is 1. The molecule has 0 aliphatic carbocycles. The molecule has 2 heteroatoms. The second-order valence-corrected chi connectivity index (χ2v) is 3.63. The van der Waals surface area contributed by atoms with Crippen LogP contribution in [0, 0.1) is 0 Å². The van der Waals surface area contributed by atoms with Crippen LogP contribution < -0.4 is 0 Å². The molecule has 15 heavy (non-hydrogen) atoms. The molecule has 0 rings (SSSR count). The number of ether oxygens (including phenoxy) is 1. The van der Waals surface area contributed by atoms with Crippen LogP contribution in [-0.4, -0.2) is 12.6 Å². The average molecular weight is 212 g/mol. The smallest absolute Gasteiger partial charge is 0.333 e. The minimum absolute atomic E-state index is 0.107. The molecule has 0 amide bonds. The van der Waals surface area contributed by atoms with Crippen molar-refractivity contribution < 1.29 is 9.53 Å². The van der Waals surface area contributed by atoms with E-state index in [1.54, 1.807) is 0 Å². The van der Waals surface area contributed by atoms with Gasteiger partial charge in [0.25, 0.3) is 0 Å². The normalized spacial score (nSPS) is 9.87. The van der Waals surface area contributed by atoms with Crippen LogP contribution in [0.25, 0.3) is 0 Å². The Morgan fingerprint density at radius 2 is 1.60 bits per heavy atom. The lowest BCUT2D eigenvalue weighted by atomic mass is 10.0. The molecule has 0 saturated heterocycles. The third-order valence-corrected chi connectivity index (χ3v) is 2.61. The van der Waals surface area contributed by atoms with E-state index < -0.39 is 0 Å². The van der Waals surface area contributed by atoms with Gasteiger partial charge < -0.3 is 4.74 Å². The first-order valence-corrected chi connectivity index (χ1v) is 6.09. The Hall–Kier alpha value is -0.790. The van der Waals surface area contributed by atoms with E-state index in [0.717, 1.165) is 37.7 Å². The number of esters is 1. The molecule has 0 spiro atoms. The summed E-state index contributed by atoms with van der Waals surface area (Å²) in [5, 5.41) is 0. The number of carbonyl (C=O) groups is 1. The molecule has 0 aromatic carbocycles. The first-order chi connectivity index (χ1) is 7.21. The van der Waals surface area contributed by atoms with Crippen LogP contribution in [0.15, 0.2) is 11.1 Å². The van der Waals surface area contributed by atoms with Gasteiger partial charge in [0.05, 0.1) is 6.61 Å². The standard InChI is InChI=1S/C13H24O2/c1-5-9-10-15-13(14)12(8-4)11(6-2)7-3/h5-10H2,1-4H3. The predicted molar refractivity (Wildman–Crippen MR) is 63.8 cm³/mol. The largest absolute Gasteiger partial charge is 0.462 e. The molecule has 2 nitrogen and oxygen atoms in total. The highest BCUT2D eigenvalue weighted by molar-refractivity contribution is 5.89. The van der Waals surface area contributed by atoms with Crippen LogP contribution in [-0.2, 0) is 9.53 Å². The maximum Gasteiger partial charge on any atom is 0.333 e. The van der Waals surface area contributed by atoms with E-state index in [9.17, 15) is 4.79 Å². The van der Waals surface area contributed by atoms with Gasteiger partial charge in [-0.2, -0.15) is 0 Å². The Morgan fingerprint density at radius 3 is 2.00 bits per heavy atom. The number of hydrogen-bond donors (Lipinski definition) is 0. The van der Waals surface area contributed by atoms with E-state index in [4.69, 9.17) is 4.74 Å². The van der Waals surface area contributed by atoms with Gasteiger partial charge in [-0.25, -0.2) is 4.79 Å². The van der Waals surface area contributed by atoms with Gasteiger partial charge in [-0.15, -0.1) is 0 Å². The van der Waals surface area contributed by atoms with Crippen LogP contribution in [0.3, 0.4) is 0 Å². The maximum atomic E-state index is 11.7. The van der Waals surface area contributed by atoms with Crippen molar-refractivity contribution in [3.63, 3.8) is 0 Å². The van der Waals surface area contributed by atoms with E-state index in [1.165, 1.54) is 5.57 Å². The lowest BCUT2D eigenvalue weighted by molar-refractivity contribution is -0.139. The number of carbonyl (C=O) groups excluding carboxylic acids is 1. The van der Waals surface area contributed by atoms with E-state index in [2.05, 4.69) is 20.8 Å². The van der Waals surface area contributed by atoms with E-state index >= 15 is 0 Å². The zero-order valence-corrected chi connectivity index (χ0v) is 10.6. The fourth-order valence-electron chi connectivity index (χ4n) is 1.61. The van der Waals surface area contributed by atoms with Gasteiger partial charge in [0, 0.05) is 5.57 Å². The van der Waals surface area contributed by atoms with Crippen LogP contribution in [0.4, 0.5) is 0 Å². The van der Waals surface area contributed by atoms with Crippen molar-refractivity contribution in [2.45, 2.75) is 59.8 Å². The van der Waals surface area contributed by atoms with E-state index in [0.29, 0.717) is 6.61 Å². The summed E-state index contributed by atoms with van der Waals surface area (Å²) >= 11 is 0. The highest BCUT2D eigenvalue weighted by Crippen LogP contribution is 2.17. The number of allylic oxidation sites excluding steroid dienone is 1. The molecular weight excluding hydrogens is 188 g/mol. The van der Waals surface area contributed by atoms with E-state index in [1.807, 2.05) is 6.92 Å². The van der Waals surface area contributed by atoms with Crippen molar-refractivity contribution >= 4 is 5.97 Å². The Kier molecular flexibility index (Phi) is 8.06. The molecule has 0 aromatic rings. The van der Waals surface area contributed by atoms with Crippen molar-refractivity contribution in [1.82, 2.24) is 0 Å². The molecular formula is C13H24O2. The fraction of sp³-hybridized carbons (Fsp3) is 0.769. The fourth-order valence-corrected chi connectivity index (χ4v) is 1.61. The molecule has 0 atom stereocenters. The quantitative estimate of drug-likeness (QED) is 0.364. The third-order valence-electron chi connectivity index (χ3n) is 2.61. The topological polar surface area (TPSA) is 26.3 Å². The Balaban J connectivity index is 4.39. The monoisotopic (exact) mass is 212 g/mol. The van der Waals surface area contributed by atoms with Gasteiger partial charge in [-0.3, -0.25) is 0 Å². The van der Waals surface area contributed by atoms with Gasteiger partial charge in [-0.05, 0) is 25.7 Å². The average Bonchev–Trinajstić information content (AvgIpc) is 2.25. The molecule has 0 aromatic heterocycles. The second-order valence-electron chi connectivity index (χ2n) is 3.63. The molecule has 0 radical (unpaired) electrons. The lowest BCUT2D eigenvalue weighted by Gasteiger charge is -2.10. The third kappa shape index (κ3) is 5.01. The summed E-state index contributed by atoms with van der Waals surface area (Å²) in [7, 11) is 0. The summed E-state index contributed by atoms with van der Waals surface area (Å²) in [6, 6.07) is 0. The Morgan fingerprint density at radius 1 is 1.00 bits per heavy atom. The van der Waals surface area contributed by atoms with Crippen LogP contribution in [0.2, 0.25) is 0 Å². The van der Waals surface area contributed by atoms with Crippen molar-refractivity contribution in [3.05, 3.63) is 11.1 Å². The lowest BCUT2D eigenvalue weighted by Crippen LogP contribution is -2.10. The van der Waals surface area contributed by atoms with Crippen LogP contribution >= 0.6 is 0 Å². The Labute approximate surface area is 93.7 Å². The van der Waals surface area contributed by atoms with Crippen LogP contribution in [0.5, 0.6) is 0 Å². The van der Waals surface area contributed by atoms with Gasteiger partial charge in [-0.1, -0.05) is 39.7 Å². The minimum Gasteiger partial charge on any atom is -0.462 e. The number of rotatable bonds is 7. The number of hydrogen-bond acceptors (Lipinski definition) is 2. The molecule has 0 aliphatic rings. The van der Waals surface area contributed by atoms with Crippen molar-refractivity contribution in [3.8, 4) is 0 Å². The predicted octanol–water partition coefficient (Wildman–Crippen LogP) is 3.86. The van der Waals surface area contributed by atoms with Crippen LogP contribution in [0.1, 0.15) is 59.8 Å². The van der Waals surface area contributed by atoms with Crippen molar-refractivity contribution in [1.29, 1.82) is 0 Å². The minimum atomic E-state index is -0.107. The zero-order chi connectivity index (χ0) is 11.7. The van der Waals surface area contributed by atoms with Gasteiger partial charge >= 0.3 is 5.97 Å². The molecule has 88 valence electrons. The first kappa shape index (κ1) is 14.2. The molecule has 0 bridgehead atoms. The summed E-state index contributed by atoms with van der Waals surface area (Å²) < 4.78 is 5.22. The summed E-state index contributed by atoms with van der Waals surface area (Å²) in [6.45, 7) is 8.84. The first-order valence-electron chi connectivity index (χ1n) is 6.09. The zero-order valence-electron chi connectivity index (χ0n) is 10.6. The highest BCUT2D eigenvalue weighted by Gasteiger charge is 2.12.